The van der Waals surface area contributed by atoms with E-state index in [1.807, 2.05) is 29.1 Å². The molecule has 0 saturated heterocycles. The van der Waals surface area contributed by atoms with Crippen LogP contribution in [0.2, 0.25) is 0 Å². The number of halogens is 1. The first-order chi connectivity index (χ1) is 13.2. The lowest BCUT2D eigenvalue weighted by Crippen LogP contribution is -2.08. The zero-order valence-corrected chi connectivity index (χ0v) is 14.8. The van der Waals surface area contributed by atoms with Gasteiger partial charge in [-0.15, -0.1) is 0 Å². The summed E-state index contributed by atoms with van der Waals surface area (Å²) in [7, 11) is 1.44. The summed E-state index contributed by atoms with van der Waals surface area (Å²) in [5.74, 6) is 0.353. The Morgan fingerprint density at radius 1 is 1.11 bits per heavy atom. The third-order valence-corrected chi connectivity index (χ3v) is 4.37. The molecule has 2 aromatic carbocycles. The minimum Gasteiger partial charge on any atom is -0.494 e. The van der Waals surface area contributed by atoms with E-state index in [-0.39, 0.29) is 5.75 Å². The predicted octanol–water partition coefficient (Wildman–Crippen LogP) is 3.63. The Bertz CT molecular complexity index is 1070. The van der Waals surface area contributed by atoms with Crippen LogP contribution in [-0.2, 0) is 13.1 Å². The molecule has 7 heteroatoms. The van der Waals surface area contributed by atoms with Gasteiger partial charge in [0.05, 0.1) is 19.2 Å². The zero-order valence-electron chi connectivity index (χ0n) is 14.8. The molecule has 6 nitrogen and oxygen atoms in total. The number of hydrogen-bond acceptors (Lipinski definition) is 5. The summed E-state index contributed by atoms with van der Waals surface area (Å²) in [6.45, 7) is 1.26. The van der Waals surface area contributed by atoms with Gasteiger partial charge in [0.2, 0.25) is 0 Å². The minimum absolute atomic E-state index is 0.166. The topological polar surface area (TPSA) is 64.9 Å². The molecular weight excluding hydrogens is 345 g/mol. The third kappa shape index (κ3) is 3.57. The highest BCUT2D eigenvalue weighted by atomic mass is 19.1. The average Bonchev–Trinajstić information content (AvgIpc) is 3.20. The molecule has 0 aliphatic rings. The van der Waals surface area contributed by atoms with E-state index in [1.54, 1.807) is 12.3 Å². The Labute approximate surface area is 155 Å². The molecule has 0 atom stereocenters. The molecule has 2 heterocycles. The van der Waals surface area contributed by atoms with Crippen LogP contribution in [-0.4, -0.2) is 26.9 Å². The maximum absolute atomic E-state index is 13.9. The number of ether oxygens (including phenoxy) is 1. The minimum atomic E-state index is -0.445. The average molecular weight is 363 g/mol. The maximum atomic E-state index is 13.9. The summed E-state index contributed by atoms with van der Waals surface area (Å²) in [6.07, 6.45) is 5.12. The Morgan fingerprint density at radius 3 is 2.74 bits per heavy atom. The Hall–Kier alpha value is -3.48. The molecule has 0 spiro atoms. The Morgan fingerprint density at radius 2 is 1.96 bits per heavy atom. The van der Waals surface area contributed by atoms with Crippen LogP contribution < -0.4 is 10.1 Å². The summed E-state index contributed by atoms with van der Waals surface area (Å²) in [6, 6.07) is 13.0. The molecule has 0 radical (unpaired) electrons. The number of methoxy groups -OCH3 is 1. The highest BCUT2D eigenvalue weighted by Crippen LogP contribution is 2.27. The fraction of sp³-hybridized carbons (Fsp3) is 0.150. The van der Waals surface area contributed by atoms with E-state index in [0.717, 1.165) is 11.1 Å². The number of rotatable bonds is 6. The van der Waals surface area contributed by atoms with Crippen LogP contribution in [0.3, 0.4) is 0 Å². The standard InChI is InChI=1S/C20H18FN5O/c1-27-19-9-16-18(10-17(19)21)23-13-24-20(16)22-11-14-5-2-3-6-15(14)12-26-8-4-7-25-26/h2-10,13H,11-12H2,1H3,(H,22,23,24). The van der Waals surface area contributed by atoms with Gasteiger partial charge in [0, 0.05) is 30.4 Å². The van der Waals surface area contributed by atoms with Crippen LogP contribution in [0.15, 0.2) is 61.2 Å². The molecule has 0 saturated carbocycles. The number of nitrogens with one attached hydrogen (secondary N) is 1. The third-order valence-electron chi connectivity index (χ3n) is 4.37. The van der Waals surface area contributed by atoms with Gasteiger partial charge >= 0.3 is 0 Å². The predicted molar refractivity (Wildman–Crippen MR) is 101 cm³/mol. The first kappa shape index (κ1) is 17.0. The molecule has 4 rings (SSSR count). The van der Waals surface area contributed by atoms with Crippen molar-refractivity contribution >= 4 is 16.7 Å². The molecule has 0 aliphatic carbocycles. The van der Waals surface area contributed by atoms with Crippen molar-refractivity contribution in [3.8, 4) is 5.75 Å². The van der Waals surface area contributed by atoms with Crippen molar-refractivity contribution in [2.24, 2.45) is 0 Å². The molecule has 0 bridgehead atoms. The van der Waals surface area contributed by atoms with Crippen molar-refractivity contribution in [3.05, 3.63) is 78.1 Å². The lowest BCUT2D eigenvalue weighted by Gasteiger charge is -2.13. The van der Waals surface area contributed by atoms with Gasteiger partial charge in [-0.25, -0.2) is 14.4 Å². The van der Waals surface area contributed by atoms with Gasteiger partial charge < -0.3 is 10.1 Å². The second-order valence-electron chi connectivity index (χ2n) is 6.05. The summed E-state index contributed by atoms with van der Waals surface area (Å²) in [5.41, 5.74) is 2.82. The maximum Gasteiger partial charge on any atom is 0.167 e. The second-order valence-corrected chi connectivity index (χ2v) is 6.05. The van der Waals surface area contributed by atoms with Crippen molar-refractivity contribution < 1.29 is 9.13 Å². The molecule has 1 N–H and O–H groups in total. The van der Waals surface area contributed by atoms with Crippen molar-refractivity contribution in [1.29, 1.82) is 0 Å². The summed E-state index contributed by atoms with van der Waals surface area (Å²) < 4.78 is 20.9. The molecule has 0 unspecified atom stereocenters. The summed E-state index contributed by atoms with van der Waals surface area (Å²) in [5, 5.41) is 8.31. The van der Waals surface area contributed by atoms with E-state index in [2.05, 4.69) is 32.5 Å². The fourth-order valence-electron chi connectivity index (χ4n) is 2.99. The number of benzene rings is 2. The van der Waals surface area contributed by atoms with Gasteiger partial charge in [0.15, 0.2) is 11.6 Å². The molecule has 0 aliphatic heterocycles. The number of fused-ring (bicyclic) bond motifs is 1. The molecule has 0 amide bonds. The first-order valence-electron chi connectivity index (χ1n) is 8.51. The van der Waals surface area contributed by atoms with E-state index >= 15 is 0 Å². The van der Waals surface area contributed by atoms with Gasteiger partial charge in [-0.05, 0) is 23.3 Å². The van der Waals surface area contributed by atoms with Crippen LogP contribution >= 0.6 is 0 Å². The number of anilines is 1. The van der Waals surface area contributed by atoms with E-state index < -0.39 is 5.82 Å². The lowest BCUT2D eigenvalue weighted by atomic mass is 10.1. The number of nitrogens with zero attached hydrogens (tertiary/aromatic N) is 4. The van der Waals surface area contributed by atoms with Crippen LogP contribution in [0.25, 0.3) is 10.9 Å². The fourth-order valence-corrected chi connectivity index (χ4v) is 2.99. The van der Waals surface area contributed by atoms with Crippen LogP contribution in [0, 0.1) is 5.82 Å². The van der Waals surface area contributed by atoms with Crippen LogP contribution in [0.1, 0.15) is 11.1 Å². The normalized spacial score (nSPS) is 10.9. The lowest BCUT2D eigenvalue weighted by molar-refractivity contribution is 0.387. The summed E-state index contributed by atoms with van der Waals surface area (Å²) in [4.78, 5) is 8.46. The first-order valence-corrected chi connectivity index (χ1v) is 8.51. The van der Waals surface area contributed by atoms with Crippen LogP contribution in [0.5, 0.6) is 5.75 Å². The zero-order chi connectivity index (χ0) is 18.6. The Balaban J connectivity index is 1.61. The van der Waals surface area contributed by atoms with Gasteiger partial charge in [-0.3, -0.25) is 4.68 Å². The monoisotopic (exact) mass is 363 g/mol. The molecule has 2 aromatic heterocycles. The van der Waals surface area contributed by atoms with Gasteiger partial charge in [-0.1, -0.05) is 24.3 Å². The van der Waals surface area contributed by atoms with Crippen molar-refractivity contribution in [3.63, 3.8) is 0 Å². The van der Waals surface area contributed by atoms with E-state index in [9.17, 15) is 4.39 Å². The van der Waals surface area contributed by atoms with E-state index in [1.165, 1.54) is 19.5 Å². The molecular formula is C20H18FN5O. The molecule has 27 heavy (non-hydrogen) atoms. The van der Waals surface area contributed by atoms with E-state index in [4.69, 9.17) is 4.74 Å². The smallest absolute Gasteiger partial charge is 0.167 e. The quantitative estimate of drug-likeness (QED) is 0.567. The molecule has 0 fully saturated rings. The largest absolute Gasteiger partial charge is 0.494 e. The van der Waals surface area contributed by atoms with Crippen molar-refractivity contribution in [1.82, 2.24) is 19.7 Å². The highest BCUT2D eigenvalue weighted by molar-refractivity contribution is 5.90. The van der Waals surface area contributed by atoms with Gasteiger partial charge in [-0.2, -0.15) is 5.10 Å². The molecule has 136 valence electrons. The number of aromatic nitrogens is 4. The van der Waals surface area contributed by atoms with Gasteiger partial charge in [0.1, 0.15) is 12.1 Å². The highest BCUT2D eigenvalue weighted by Gasteiger charge is 2.11. The number of hydrogen-bond donors (Lipinski definition) is 1. The van der Waals surface area contributed by atoms with Gasteiger partial charge in [0.25, 0.3) is 0 Å². The SMILES string of the molecule is COc1cc2c(NCc3ccccc3Cn3cccn3)ncnc2cc1F. The van der Waals surface area contributed by atoms with Crippen molar-refractivity contribution in [2.45, 2.75) is 13.1 Å². The van der Waals surface area contributed by atoms with E-state index in [0.29, 0.717) is 29.8 Å². The Kier molecular flexibility index (Phi) is 4.65. The summed E-state index contributed by atoms with van der Waals surface area (Å²) >= 11 is 0. The van der Waals surface area contributed by atoms with Crippen LogP contribution in [0.4, 0.5) is 10.2 Å². The second kappa shape index (κ2) is 7.41. The van der Waals surface area contributed by atoms with Crippen molar-refractivity contribution in [2.75, 3.05) is 12.4 Å². The molecule has 4 aromatic rings.